The molecule has 2 aliphatic carbocycles. The van der Waals surface area contributed by atoms with E-state index in [1.807, 2.05) is 0 Å². The van der Waals surface area contributed by atoms with Gasteiger partial charge in [-0.05, 0) is 49.5 Å². The molecule has 0 aromatic heterocycles. The van der Waals surface area contributed by atoms with Gasteiger partial charge in [0.2, 0.25) is 0 Å². The van der Waals surface area contributed by atoms with Crippen LogP contribution in [0.5, 0.6) is 0 Å². The molecule has 0 bridgehead atoms. The van der Waals surface area contributed by atoms with Gasteiger partial charge in [0.1, 0.15) is 0 Å². The minimum absolute atomic E-state index is 0.357. The van der Waals surface area contributed by atoms with Gasteiger partial charge >= 0.3 is 0 Å². The smallest absolute Gasteiger partial charge is 0.159 e. The number of allylic oxidation sites excluding steroid dienone is 2. The van der Waals surface area contributed by atoms with Crippen LogP contribution >= 0.6 is 0 Å². The summed E-state index contributed by atoms with van der Waals surface area (Å²) in [4.78, 5) is 11.9. The first-order valence-electron chi connectivity index (χ1n) is 5.92. The van der Waals surface area contributed by atoms with Crippen LogP contribution in [0.15, 0.2) is 11.6 Å². The van der Waals surface area contributed by atoms with Crippen molar-refractivity contribution in [3.05, 3.63) is 11.6 Å². The van der Waals surface area contributed by atoms with Crippen LogP contribution in [0, 0.1) is 5.41 Å². The van der Waals surface area contributed by atoms with Crippen molar-refractivity contribution in [1.82, 2.24) is 0 Å². The van der Waals surface area contributed by atoms with Crippen molar-refractivity contribution in [2.75, 3.05) is 0 Å². The quantitative estimate of drug-likeness (QED) is 0.667. The van der Waals surface area contributed by atoms with E-state index in [0.717, 1.165) is 24.8 Å². The topological polar surface area (TPSA) is 17.1 Å². The number of carbonyl (C=O) groups is 1. The molecule has 1 heteroatoms. The van der Waals surface area contributed by atoms with Crippen molar-refractivity contribution >= 4 is 5.78 Å². The third-order valence-electron chi connectivity index (χ3n) is 3.80. The Hall–Kier alpha value is -0.590. The van der Waals surface area contributed by atoms with Gasteiger partial charge in [-0.25, -0.2) is 0 Å². The Morgan fingerprint density at radius 1 is 1.36 bits per heavy atom. The highest BCUT2D eigenvalue weighted by molar-refractivity contribution is 5.95. The van der Waals surface area contributed by atoms with Crippen LogP contribution in [-0.4, -0.2) is 5.78 Å². The molecule has 0 N–H and O–H groups in total. The standard InChI is InChI=1S/C13H20O/c1-13(8-5-9-13)10-12(14)11-6-3-2-4-7-11/h6H,2-5,7-10H2,1H3. The second-order valence-corrected chi connectivity index (χ2v) is 5.24. The summed E-state index contributed by atoms with van der Waals surface area (Å²) in [5.74, 6) is 0.437. The van der Waals surface area contributed by atoms with Crippen LogP contribution in [0.3, 0.4) is 0 Å². The molecule has 78 valence electrons. The molecule has 1 nitrogen and oxygen atoms in total. The van der Waals surface area contributed by atoms with Gasteiger partial charge in [0.15, 0.2) is 5.78 Å². The van der Waals surface area contributed by atoms with Crippen LogP contribution in [0.25, 0.3) is 0 Å². The van der Waals surface area contributed by atoms with E-state index >= 15 is 0 Å². The lowest BCUT2D eigenvalue weighted by molar-refractivity contribution is -0.119. The maximum Gasteiger partial charge on any atom is 0.159 e. The average molecular weight is 192 g/mol. The van der Waals surface area contributed by atoms with Gasteiger partial charge in [0.05, 0.1) is 0 Å². The zero-order valence-electron chi connectivity index (χ0n) is 9.14. The van der Waals surface area contributed by atoms with E-state index in [4.69, 9.17) is 0 Å². The van der Waals surface area contributed by atoms with Crippen molar-refractivity contribution in [2.45, 2.75) is 58.3 Å². The normalized spacial score (nSPS) is 25.1. The van der Waals surface area contributed by atoms with E-state index in [2.05, 4.69) is 13.0 Å². The van der Waals surface area contributed by atoms with Gasteiger partial charge in [-0.3, -0.25) is 4.79 Å². The lowest BCUT2D eigenvalue weighted by atomic mass is 9.67. The lowest BCUT2D eigenvalue weighted by Crippen LogP contribution is -2.29. The third-order valence-corrected chi connectivity index (χ3v) is 3.80. The summed E-state index contributed by atoms with van der Waals surface area (Å²) in [6, 6.07) is 0. The highest BCUT2D eigenvalue weighted by atomic mass is 16.1. The molecule has 0 atom stereocenters. The van der Waals surface area contributed by atoms with E-state index < -0.39 is 0 Å². The number of rotatable bonds is 3. The fraction of sp³-hybridized carbons (Fsp3) is 0.769. The Balaban J connectivity index is 1.91. The van der Waals surface area contributed by atoms with Crippen molar-refractivity contribution in [1.29, 1.82) is 0 Å². The molecule has 1 fully saturated rings. The number of carbonyl (C=O) groups excluding carboxylic acids is 1. The van der Waals surface area contributed by atoms with Gasteiger partial charge in [-0.15, -0.1) is 0 Å². The van der Waals surface area contributed by atoms with Crippen LogP contribution in [0.4, 0.5) is 0 Å². The van der Waals surface area contributed by atoms with Gasteiger partial charge < -0.3 is 0 Å². The van der Waals surface area contributed by atoms with E-state index in [1.165, 1.54) is 32.1 Å². The summed E-state index contributed by atoms with van der Waals surface area (Å²) < 4.78 is 0. The summed E-state index contributed by atoms with van der Waals surface area (Å²) in [5.41, 5.74) is 1.49. The minimum Gasteiger partial charge on any atom is -0.295 e. The molecule has 14 heavy (non-hydrogen) atoms. The van der Waals surface area contributed by atoms with Crippen molar-refractivity contribution in [3.63, 3.8) is 0 Å². The summed E-state index contributed by atoms with van der Waals surface area (Å²) in [7, 11) is 0. The molecule has 0 aliphatic heterocycles. The highest BCUT2D eigenvalue weighted by Gasteiger charge is 2.34. The van der Waals surface area contributed by atoms with E-state index in [-0.39, 0.29) is 0 Å². The summed E-state index contributed by atoms with van der Waals surface area (Å²) in [6.07, 6.45) is 11.5. The zero-order chi connectivity index (χ0) is 10.0. The Bertz CT molecular complexity index is 258. The predicted molar refractivity (Wildman–Crippen MR) is 58.1 cm³/mol. The number of hydrogen-bond acceptors (Lipinski definition) is 1. The fourth-order valence-corrected chi connectivity index (χ4v) is 2.55. The fourth-order valence-electron chi connectivity index (χ4n) is 2.55. The van der Waals surface area contributed by atoms with Gasteiger partial charge in [0, 0.05) is 6.42 Å². The molecule has 0 spiro atoms. The van der Waals surface area contributed by atoms with Gasteiger partial charge in [-0.2, -0.15) is 0 Å². The van der Waals surface area contributed by atoms with E-state index in [0.29, 0.717) is 11.2 Å². The van der Waals surface area contributed by atoms with E-state index in [1.54, 1.807) is 0 Å². The third kappa shape index (κ3) is 2.08. The molecule has 0 saturated heterocycles. The Morgan fingerprint density at radius 2 is 2.14 bits per heavy atom. The molecule has 0 heterocycles. The predicted octanol–water partition coefficient (Wildman–Crippen LogP) is 3.64. The molecule has 0 aromatic carbocycles. The van der Waals surface area contributed by atoms with E-state index in [9.17, 15) is 4.79 Å². The van der Waals surface area contributed by atoms with Gasteiger partial charge in [0.25, 0.3) is 0 Å². The largest absolute Gasteiger partial charge is 0.295 e. The number of Topliss-reactive ketones (excluding diaryl/α,β-unsaturated/α-hetero) is 1. The van der Waals surface area contributed by atoms with Crippen LogP contribution in [-0.2, 0) is 4.79 Å². The molecule has 2 rings (SSSR count). The first-order chi connectivity index (χ1) is 6.70. The Kier molecular flexibility index (Phi) is 2.76. The SMILES string of the molecule is CC1(CC(=O)C2=CCCCC2)CCC1. The summed E-state index contributed by atoms with van der Waals surface area (Å²) in [5, 5.41) is 0. The van der Waals surface area contributed by atoms with Crippen LogP contribution in [0.2, 0.25) is 0 Å². The van der Waals surface area contributed by atoms with Crippen LogP contribution < -0.4 is 0 Å². The van der Waals surface area contributed by atoms with Crippen molar-refractivity contribution < 1.29 is 4.79 Å². The maximum atomic E-state index is 11.9. The molecule has 1 saturated carbocycles. The molecule has 0 aromatic rings. The molecular formula is C13H20O. The number of ketones is 1. The minimum atomic E-state index is 0.357. The molecule has 0 amide bonds. The van der Waals surface area contributed by atoms with Crippen LogP contribution in [0.1, 0.15) is 58.3 Å². The van der Waals surface area contributed by atoms with Gasteiger partial charge in [-0.1, -0.05) is 19.4 Å². The maximum absolute atomic E-state index is 11.9. The second kappa shape index (κ2) is 3.88. The zero-order valence-corrected chi connectivity index (χ0v) is 9.14. The average Bonchev–Trinajstić information content (AvgIpc) is 2.17. The first-order valence-corrected chi connectivity index (χ1v) is 5.92. The van der Waals surface area contributed by atoms with Crippen molar-refractivity contribution in [2.24, 2.45) is 5.41 Å². The first kappa shape index (κ1) is 9.95. The summed E-state index contributed by atoms with van der Waals surface area (Å²) in [6.45, 7) is 2.26. The number of hydrogen-bond donors (Lipinski definition) is 0. The molecule has 0 unspecified atom stereocenters. The molecular weight excluding hydrogens is 172 g/mol. The van der Waals surface area contributed by atoms with Crippen molar-refractivity contribution in [3.8, 4) is 0 Å². The Labute approximate surface area is 86.6 Å². The molecule has 2 aliphatic rings. The second-order valence-electron chi connectivity index (χ2n) is 5.24. The highest BCUT2D eigenvalue weighted by Crippen LogP contribution is 2.44. The monoisotopic (exact) mass is 192 g/mol. The Morgan fingerprint density at radius 3 is 2.64 bits per heavy atom. The lowest BCUT2D eigenvalue weighted by Gasteiger charge is -2.38. The summed E-state index contributed by atoms with van der Waals surface area (Å²) >= 11 is 0. The molecule has 0 radical (unpaired) electrons.